The highest BCUT2D eigenvalue weighted by atomic mass is 16.7. The number of Topliss-reactive ketones (excluding diaryl/α,β-unsaturated/α-hetero) is 1. The fourth-order valence-corrected chi connectivity index (χ4v) is 10.1. The zero-order valence-corrected chi connectivity index (χ0v) is 19.3. The molecule has 0 bridgehead atoms. The maximum Gasteiger partial charge on any atom is 0.168 e. The Morgan fingerprint density at radius 3 is 2.23 bits per heavy atom. The lowest BCUT2D eigenvalue weighted by molar-refractivity contribution is -0.220. The molecule has 2 aliphatic heterocycles. The number of hydrogen-bond acceptors (Lipinski definition) is 5. The van der Waals surface area contributed by atoms with Crippen molar-refractivity contribution in [2.45, 2.75) is 89.6 Å². The second-order valence-corrected chi connectivity index (χ2v) is 12.5. The van der Waals surface area contributed by atoms with Crippen LogP contribution in [0.25, 0.3) is 0 Å². The normalized spacial score (nSPS) is 54.1. The van der Waals surface area contributed by atoms with E-state index in [0.29, 0.717) is 42.7 Å². The van der Waals surface area contributed by atoms with Gasteiger partial charge in [0.1, 0.15) is 5.78 Å². The van der Waals surface area contributed by atoms with E-state index in [-0.39, 0.29) is 22.0 Å². The molecule has 7 atom stereocenters. The minimum atomic E-state index is -0.441. The average molecular weight is 431 g/mol. The summed E-state index contributed by atoms with van der Waals surface area (Å²) in [5.41, 5.74) is 0.352. The van der Waals surface area contributed by atoms with Gasteiger partial charge in [0.05, 0.1) is 26.4 Å². The molecule has 5 nitrogen and oxygen atoms in total. The number of carbonyl (C=O) groups excluding carboxylic acids is 1. The summed E-state index contributed by atoms with van der Waals surface area (Å²) in [5, 5.41) is 0. The van der Waals surface area contributed by atoms with Crippen LogP contribution >= 0.6 is 0 Å². The smallest absolute Gasteiger partial charge is 0.168 e. The molecular weight excluding hydrogens is 392 g/mol. The third kappa shape index (κ3) is 2.40. The van der Waals surface area contributed by atoms with Crippen molar-refractivity contribution in [2.75, 3.05) is 26.4 Å². The second-order valence-electron chi connectivity index (χ2n) is 12.5. The standard InChI is InChI=1S/C26H38O5/c1-22-13-17(23(2)28-9-10-29-23)3-5-19(22)20-6-4-18-14-25(30-11-12-31-25)8-7-24(18)16-26(20,24)21(27)15-22/h17-20H,3-16H2,1-2H3. The molecule has 0 radical (unpaired) electrons. The van der Waals surface area contributed by atoms with Crippen molar-refractivity contribution >= 4 is 5.78 Å². The number of ether oxygens (including phenoxy) is 4. The Bertz CT molecular complexity index is 798. The van der Waals surface area contributed by atoms with E-state index in [0.717, 1.165) is 51.7 Å². The Hall–Kier alpha value is -0.490. The number of fused-ring (bicyclic) bond motifs is 2. The van der Waals surface area contributed by atoms with Crippen LogP contribution < -0.4 is 0 Å². The van der Waals surface area contributed by atoms with Gasteiger partial charge in [0.2, 0.25) is 0 Å². The van der Waals surface area contributed by atoms with E-state index >= 15 is 0 Å². The molecule has 3 spiro atoms. The first-order valence-electron chi connectivity index (χ1n) is 12.9. The van der Waals surface area contributed by atoms with Crippen LogP contribution in [0.1, 0.15) is 78.1 Å². The van der Waals surface area contributed by atoms with E-state index < -0.39 is 5.79 Å². The van der Waals surface area contributed by atoms with Crippen LogP contribution in [0.15, 0.2) is 0 Å². The van der Waals surface area contributed by atoms with Gasteiger partial charge in [0.25, 0.3) is 0 Å². The second kappa shape index (κ2) is 6.14. The van der Waals surface area contributed by atoms with Crippen molar-refractivity contribution in [2.24, 2.45) is 39.9 Å². The van der Waals surface area contributed by atoms with Gasteiger partial charge in [0.15, 0.2) is 11.6 Å². The van der Waals surface area contributed by atoms with Crippen LogP contribution in [-0.4, -0.2) is 43.8 Å². The summed E-state index contributed by atoms with van der Waals surface area (Å²) < 4.78 is 24.3. The third-order valence-electron chi connectivity index (χ3n) is 11.5. The molecule has 5 aliphatic carbocycles. The first-order chi connectivity index (χ1) is 14.9. The van der Waals surface area contributed by atoms with Gasteiger partial charge in [-0.2, -0.15) is 0 Å². The van der Waals surface area contributed by atoms with E-state index in [1.165, 1.54) is 25.7 Å². The Labute approximate surface area is 185 Å². The zero-order chi connectivity index (χ0) is 21.1. The highest BCUT2D eigenvalue weighted by molar-refractivity contribution is 5.91. The summed E-state index contributed by atoms with van der Waals surface area (Å²) in [6.45, 7) is 7.44. The lowest BCUT2D eigenvalue weighted by atomic mass is 9.45. The molecule has 172 valence electrons. The van der Waals surface area contributed by atoms with Gasteiger partial charge in [-0.15, -0.1) is 0 Å². The van der Waals surface area contributed by atoms with E-state index in [9.17, 15) is 4.79 Å². The van der Waals surface area contributed by atoms with Gasteiger partial charge >= 0.3 is 0 Å². The monoisotopic (exact) mass is 430 g/mol. The Morgan fingerprint density at radius 2 is 1.45 bits per heavy atom. The van der Waals surface area contributed by atoms with Crippen LogP contribution in [0.3, 0.4) is 0 Å². The fraction of sp³-hybridized carbons (Fsp3) is 0.962. The fourth-order valence-electron chi connectivity index (χ4n) is 10.1. The van der Waals surface area contributed by atoms with Crippen molar-refractivity contribution in [3.05, 3.63) is 0 Å². The summed E-state index contributed by atoms with van der Waals surface area (Å²) in [4.78, 5) is 14.0. The van der Waals surface area contributed by atoms with Gasteiger partial charge in [-0.25, -0.2) is 0 Å². The van der Waals surface area contributed by atoms with Crippen LogP contribution in [0, 0.1) is 39.9 Å². The molecule has 2 heterocycles. The summed E-state index contributed by atoms with van der Waals surface area (Å²) in [7, 11) is 0. The third-order valence-corrected chi connectivity index (χ3v) is 11.5. The maximum atomic E-state index is 14.0. The van der Waals surface area contributed by atoms with Crippen LogP contribution in [0.5, 0.6) is 0 Å². The summed E-state index contributed by atoms with van der Waals surface area (Å²) in [6.07, 6.45) is 11.0. The number of hydrogen-bond donors (Lipinski definition) is 0. The van der Waals surface area contributed by atoms with Crippen molar-refractivity contribution in [3.8, 4) is 0 Å². The molecule has 2 saturated heterocycles. The van der Waals surface area contributed by atoms with Crippen molar-refractivity contribution in [3.63, 3.8) is 0 Å². The van der Waals surface area contributed by atoms with Gasteiger partial charge in [-0.05, 0) is 80.5 Å². The highest BCUT2D eigenvalue weighted by Gasteiger charge is 2.82. The van der Waals surface area contributed by atoms with Gasteiger partial charge < -0.3 is 18.9 Å². The molecule has 0 amide bonds. The molecule has 0 aromatic rings. The van der Waals surface area contributed by atoms with Crippen LogP contribution in [0.2, 0.25) is 0 Å². The molecule has 0 N–H and O–H groups in total. The SMILES string of the molecule is CC12CC(=O)C34CC35CCC3(CC5CCC4C1CCC(C1(C)OCCO1)C2)OCCO3. The average Bonchev–Trinajstić information content (AvgIpc) is 2.99. The molecule has 7 fully saturated rings. The molecule has 5 heteroatoms. The summed E-state index contributed by atoms with van der Waals surface area (Å²) in [6, 6.07) is 0. The highest BCUT2D eigenvalue weighted by Crippen LogP contribution is 2.84. The molecule has 7 aliphatic rings. The lowest BCUT2D eigenvalue weighted by Crippen LogP contribution is -2.57. The van der Waals surface area contributed by atoms with Gasteiger partial charge in [-0.3, -0.25) is 4.79 Å². The van der Waals surface area contributed by atoms with E-state index in [1.54, 1.807) is 0 Å². The predicted molar refractivity (Wildman–Crippen MR) is 113 cm³/mol. The van der Waals surface area contributed by atoms with Crippen molar-refractivity contribution in [1.29, 1.82) is 0 Å². The molecule has 7 rings (SSSR count). The topological polar surface area (TPSA) is 54.0 Å². The first kappa shape index (κ1) is 19.9. The van der Waals surface area contributed by atoms with E-state index in [2.05, 4.69) is 13.8 Å². The number of rotatable bonds is 1. The molecular formula is C26H38O5. The lowest BCUT2D eigenvalue weighted by Gasteiger charge is -2.59. The maximum absolute atomic E-state index is 14.0. The van der Waals surface area contributed by atoms with Crippen molar-refractivity contribution in [1.82, 2.24) is 0 Å². The minimum Gasteiger partial charge on any atom is -0.348 e. The van der Waals surface area contributed by atoms with Crippen LogP contribution in [0.4, 0.5) is 0 Å². The number of carbonyl (C=O) groups is 1. The largest absolute Gasteiger partial charge is 0.348 e. The predicted octanol–water partition coefficient (Wildman–Crippen LogP) is 4.47. The van der Waals surface area contributed by atoms with Gasteiger partial charge in [-0.1, -0.05) is 6.92 Å². The molecule has 7 unspecified atom stereocenters. The molecule has 0 aromatic carbocycles. The summed E-state index contributed by atoms with van der Waals surface area (Å²) >= 11 is 0. The first-order valence-corrected chi connectivity index (χ1v) is 12.9. The number of ketones is 1. The summed E-state index contributed by atoms with van der Waals surface area (Å²) in [5.74, 6) is 2.13. The Kier molecular flexibility index (Phi) is 3.95. The molecule has 0 aromatic heterocycles. The van der Waals surface area contributed by atoms with E-state index in [1.807, 2.05) is 0 Å². The van der Waals surface area contributed by atoms with E-state index in [4.69, 9.17) is 18.9 Å². The minimum absolute atomic E-state index is 0.0165. The quantitative estimate of drug-likeness (QED) is 0.614. The molecule has 5 saturated carbocycles. The Balaban J connectivity index is 1.16. The zero-order valence-electron chi connectivity index (χ0n) is 19.3. The van der Waals surface area contributed by atoms with Crippen LogP contribution in [-0.2, 0) is 23.7 Å². The van der Waals surface area contributed by atoms with Crippen molar-refractivity contribution < 1.29 is 23.7 Å². The molecule has 31 heavy (non-hydrogen) atoms. The van der Waals surface area contributed by atoms with Gasteiger partial charge in [0, 0.05) is 30.6 Å². The Morgan fingerprint density at radius 1 is 0.774 bits per heavy atom.